The number of carbonyl (C=O) groups excluding carboxylic acids is 1. The summed E-state index contributed by atoms with van der Waals surface area (Å²) in [6, 6.07) is 17.7. The third-order valence-corrected chi connectivity index (χ3v) is 8.91. The second-order valence-corrected chi connectivity index (χ2v) is 11.8. The number of alkyl halides is 3. The number of fused-ring (bicyclic) bond motifs is 2. The monoisotopic (exact) mass is 589 g/mol. The van der Waals surface area contributed by atoms with Crippen molar-refractivity contribution in [3.8, 4) is 5.75 Å². The first-order chi connectivity index (χ1) is 19.5. The fourth-order valence-electron chi connectivity index (χ4n) is 5.47. The van der Waals surface area contributed by atoms with Gasteiger partial charge in [0.25, 0.3) is 0 Å². The lowest BCUT2D eigenvalue weighted by atomic mass is 9.94. The first-order valence-electron chi connectivity index (χ1n) is 13.0. The van der Waals surface area contributed by atoms with E-state index in [2.05, 4.69) is 14.8 Å². The van der Waals surface area contributed by atoms with Gasteiger partial charge >= 0.3 is 12.4 Å². The molecule has 2 amide bonds. The summed E-state index contributed by atoms with van der Waals surface area (Å²) in [5, 5.41) is 14.4. The number of piperidine rings is 1. The summed E-state index contributed by atoms with van der Waals surface area (Å²) in [6.45, 7) is 0.0873. The molecule has 4 N–H and O–H groups in total. The summed E-state index contributed by atoms with van der Waals surface area (Å²) >= 11 is 0. The molecule has 41 heavy (non-hydrogen) atoms. The number of nitrogens with zero attached hydrogens (tertiary/aromatic N) is 2. The minimum atomic E-state index is -4.89. The maximum absolute atomic E-state index is 13.5. The van der Waals surface area contributed by atoms with Crippen LogP contribution >= 0.6 is 0 Å². The SMILES string of the molecule is CNC(=O)N1CC(NS(=N)(=O)c2ccc(OC(F)(F)F)cc2)C(O)C(N2c3ccccc3CCc3ccccc32)C1. The quantitative estimate of drug-likeness (QED) is 0.356. The van der Waals surface area contributed by atoms with E-state index in [-0.39, 0.29) is 18.0 Å². The highest BCUT2D eigenvalue weighted by molar-refractivity contribution is 7.90. The number of likely N-dealkylation sites (tertiary alicyclic amines) is 1. The number of nitrogens with one attached hydrogen (secondary N) is 3. The van der Waals surface area contributed by atoms with Crippen LogP contribution in [0, 0.1) is 4.78 Å². The van der Waals surface area contributed by atoms with Gasteiger partial charge in [0, 0.05) is 31.5 Å². The maximum Gasteiger partial charge on any atom is 0.573 e. The predicted molar refractivity (Wildman–Crippen MR) is 147 cm³/mol. The molecule has 3 aromatic rings. The number of carbonyl (C=O) groups is 1. The van der Waals surface area contributed by atoms with Gasteiger partial charge in [0.1, 0.15) is 15.7 Å². The third-order valence-electron chi connectivity index (χ3n) is 7.34. The van der Waals surface area contributed by atoms with Crippen molar-refractivity contribution in [3.05, 3.63) is 83.9 Å². The zero-order chi connectivity index (χ0) is 29.4. The summed E-state index contributed by atoms with van der Waals surface area (Å²) in [7, 11) is -2.33. The molecule has 1 saturated heterocycles. The van der Waals surface area contributed by atoms with Gasteiger partial charge in [-0.05, 0) is 60.4 Å². The Morgan fingerprint density at radius 2 is 1.54 bits per heavy atom. The standard InChI is InChI=1S/C28H30F3N5O4S/c1-33-27(38)35-16-22(34-41(32,39)21-14-12-20(13-15-21)40-28(29,30)31)26(37)25(17-35)36-23-8-4-2-6-18(23)10-11-19-7-3-5-9-24(19)36/h2-9,12-15,22,25-26,37H,10-11,16-17H2,1H3,(H,33,38)(H2,32,34,39). The molecule has 1 fully saturated rings. The summed E-state index contributed by atoms with van der Waals surface area (Å²) in [6.07, 6.45) is -4.52. The highest BCUT2D eigenvalue weighted by Gasteiger charge is 2.43. The zero-order valence-electron chi connectivity index (χ0n) is 22.1. The van der Waals surface area contributed by atoms with Crippen molar-refractivity contribution >= 4 is 27.3 Å². The molecule has 218 valence electrons. The first kappa shape index (κ1) is 28.7. The van der Waals surface area contributed by atoms with Gasteiger partial charge in [0.15, 0.2) is 0 Å². The van der Waals surface area contributed by atoms with E-state index in [9.17, 15) is 27.3 Å². The van der Waals surface area contributed by atoms with Crippen LogP contribution in [-0.2, 0) is 22.8 Å². The van der Waals surface area contributed by atoms with Gasteiger partial charge in [-0.15, -0.1) is 13.2 Å². The highest BCUT2D eigenvalue weighted by atomic mass is 32.2. The van der Waals surface area contributed by atoms with Crippen molar-refractivity contribution in [1.29, 1.82) is 4.78 Å². The van der Waals surface area contributed by atoms with Gasteiger partial charge in [-0.2, -0.15) is 0 Å². The number of anilines is 2. The predicted octanol–water partition coefficient (Wildman–Crippen LogP) is 4.19. The van der Waals surface area contributed by atoms with Gasteiger partial charge in [-0.25, -0.2) is 18.5 Å². The molecule has 0 radical (unpaired) electrons. The molecule has 4 atom stereocenters. The van der Waals surface area contributed by atoms with Gasteiger partial charge in [-0.3, -0.25) is 0 Å². The molecule has 2 heterocycles. The Hall–Kier alpha value is -3.81. The number of hydrogen-bond acceptors (Lipinski definition) is 6. The van der Waals surface area contributed by atoms with Crippen LogP contribution in [-0.4, -0.2) is 64.9 Å². The van der Waals surface area contributed by atoms with Crippen LogP contribution in [0.1, 0.15) is 11.1 Å². The van der Waals surface area contributed by atoms with Gasteiger partial charge < -0.3 is 25.0 Å². The van der Waals surface area contributed by atoms with E-state index in [0.29, 0.717) is 0 Å². The normalized spacial score (nSPS) is 22.1. The summed E-state index contributed by atoms with van der Waals surface area (Å²) < 4.78 is 66.3. The number of benzene rings is 3. The smallest absolute Gasteiger partial charge is 0.406 e. The number of rotatable bonds is 5. The van der Waals surface area contributed by atoms with Crippen LogP contribution in [0.2, 0.25) is 0 Å². The number of aliphatic hydroxyl groups is 1. The molecule has 9 nitrogen and oxygen atoms in total. The Labute approximate surface area is 236 Å². The van der Waals surface area contributed by atoms with Gasteiger partial charge in [0.05, 0.1) is 23.1 Å². The number of aliphatic hydroxyl groups excluding tert-OH is 1. The topological polar surface area (TPSA) is 118 Å². The Kier molecular flexibility index (Phi) is 7.86. The second-order valence-electron chi connectivity index (χ2n) is 9.95. The summed E-state index contributed by atoms with van der Waals surface area (Å²) in [5.74, 6) is -0.515. The number of ether oxygens (including phenoxy) is 1. The van der Waals surface area contributed by atoms with E-state index in [1.807, 2.05) is 53.4 Å². The van der Waals surface area contributed by atoms with E-state index < -0.39 is 46.2 Å². The van der Waals surface area contributed by atoms with Crippen LogP contribution in [0.15, 0.2) is 77.7 Å². The Morgan fingerprint density at radius 3 is 2.07 bits per heavy atom. The van der Waals surface area contributed by atoms with Crippen LogP contribution in [0.25, 0.3) is 0 Å². The largest absolute Gasteiger partial charge is 0.573 e. The van der Waals surface area contributed by atoms with Crippen molar-refractivity contribution < 1.29 is 32.0 Å². The highest BCUT2D eigenvalue weighted by Crippen LogP contribution is 2.39. The molecule has 0 aliphatic carbocycles. The minimum absolute atomic E-state index is 0.0559. The molecule has 0 bridgehead atoms. The molecular weight excluding hydrogens is 559 g/mol. The van der Waals surface area contributed by atoms with Crippen LogP contribution in [0.4, 0.5) is 29.3 Å². The summed E-state index contributed by atoms with van der Waals surface area (Å²) in [5.41, 5.74) is 3.91. The van der Waals surface area contributed by atoms with Crippen molar-refractivity contribution in [2.75, 3.05) is 25.0 Å². The fraction of sp³-hybridized carbons (Fsp3) is 0.321. The maximum atomic E-state index is 13.5. The average molecular weight is 590 g/mol. The fourth-order valence-corrected chi connectivity index (χ4v) is 6.77. The van der Waals surface area contributed by atoms with Crippen molar-refractivity contribution in [2.45, 2.75) is 42.3 Å². The van der Waals surface area contributed by atoms with Crippen LogP contribution in [0.3, 0.4) is 0 Å². The Bertz CT molecular complexity index is 1470. The molecule has 0 spiro atoms. The third kappa shape index (κ3) is 6.11. The summed E-state index contributed by atoms with van der Waals surface area (Å²) in [4.78, 5) is 16.3. The van der Waals surface area contributed by atoms with E-state index in [4.69, 9.17) is 4.78 Å². The molecule has 0 saturated carbocycles. The number of hydrogen-bond donors (Lipinski definition) is 4. The molecular formula is C28H30F3N5O4S. The molecule has 2 aliphatic heterocycles. The molecule has 5 rings (SSSR count). The van der Waals surface area contributed by atoms with Crippen LogP contribution < -0.4 is 19.7 Å². The Balaban J connectivity index is 1.50. The number of amides is 2. The van der Waals surface area contributed by atoms with Crippen molar-refractivity contribution in [2.24, 2.45) is 0 Å². The average Bonchev–Trinajstić information content (AvgIpc) is 3.10. The second kappa shape index (κ2) is 11.2. The molecule has 2 aliphatic rings. The Morgan fingerprint density at radius 1 is 0.976 bits per heavy atom. The van der Waals surface area contributed by atoms with Crippen molar-refractivity contribution in [3.63, 3.8) is 0 Å². The number of halogens is 3. The minimum Gasteiger partial charge on any atom is -0.406 e. The molecule has 3 aromatic carbocycles. The van der Waals surface area contributed by atoms with Crippen molar-refractivity contribution in [1.82, 2.24) is 14.9 Å². The zero-order valence-corrected chi connectivity index (χ0v) is 22.9. The number of aryl methyl sites for hydroxylation is 2. The molecule has 13 heteroatoms. The first-order valence-corrected chi connectivity index (χ1v) is 14.5. The lowest BCUT2D eigenvalue weighted by Gasteiger charge is -2.47. The number of urea groups is 1. The van der Waals surface area contributed by atoms with E-state index in [1.54, 1.807) is 0 Å². The lowest BCUT2D eigenvalue weighted by Crippen LogP contribution is -2.66. The van der Waals surface area contributed by atoms with Crippen LogP contribution in [0.5, 0.6) is 5.75 Å². The number of para-hydroxylation sites is 2. The van der Waals surface area contributed by atoms with Gasteiger partial charge in [0.2, 0.25) is 0 Å². The molecule has 4 unspecified atom stereocenters. The van der Waals surface area contributed by atoms with Gasteiger partial charge in [-0.1, -0.05) is 36.4 Å². The van der Waals surface area contributed by atoms with E-state index >= 15 is 0 Å². The van der Waals surface area contributed by atoms with E-state index in [0.717, 1.165) is 59.6 Å². The molecule has 0 aromatic heterocycles. The van der Waals surface area contributed by atoms with E-state index in [1.165, 1.54) is 11.9 Å². The lowest BCUT2D eigenvalue weighted by molar-refractivity contribution is -0.274.